The normalized spacial score (nSPS) is 15.2. The summed E-state index contributed by atoms with van der Waals surface area (Å²) < 4.78 is 1.97. The van der Waals surface area contributed by atoms with E-state index in [4.69, 9.17) is 4.99 Å². The Morgan fingerprint density at radius 2 is 1.75 bits per heavy atom. The van der Waals surface area contributed by atoms with Crippen molar-refractivity contribution in [3.8, 4) is 5.69 Å². The van der Waals surface area contributed by atoms with Crippen molar-refractivity contribution in [2.24, 2.45) is 4.99 Å². The average molecular weight is 374 g/mol. The van der Waals surface area contributed by atoms with Gasteiger partial charge in [0.15, 0.2) is 11.8 Å². The summed E-state index contributed by atoms with van der Waals surface area (Å²) in [7, 11) is 0. The zero-order valence-corrected chi connectivity index (χ0v) is 16.2. The highest BCUT2D eigenvalue weighted by Gasteiger charge is 2.43. The van der Waals surface area contributed by atoms with Crippen LogP contribution in [0.2, 0.25) is 0 Å². The van der Waals surface area contributed by atoms with Gasteiger partial charge in [-0.1, -0.05) is 48.5 Å². The van der Waals surface area contributed by atoms with Gasteiger partial charge in [0.25, 0.3) is 0 Å². The third kappa shape index (κ3) is 4.06. The third-order valence-electron chi connectivity index (χ3n) is 5.21. The van der Waals surface area contributed by atoms with Crippen molar-refractivity contribution >= 4 is 5.96 Å². The molecule has 3 aromatic rings. The number of hydrogen-bond acceptors (Lipinski definition) is 3. The summed E-state index contributed by atoms with van der Waals surface area (Å²) in [6.45, 7) is 4.24. The molecule has 1 heterocycles. The maximum absolute atomic E-state index is 4.74. The quantitative estimate of drug-likeness (QED) is 0.493. The van der Waals surface area contributed by atoms with Gasteiger partial charge in [-0.05, 0) is 37.5 Å². The first-order valence-corrected chi connectivity index (χ1v) is 9.83. The van der Waals surface area contributed by atoms with Crippen molar-refractivity contribution in [2.45, 2.75) is 31.7 Å². The highest BCUT2D eigenvalue weighted by Crippen LogP contribution is 2.47. The first kappa shape index (κ1) is 18.2. The molecular formula is C22H26N6. The molecule has 0 radical (unpaired) electrons. The Bertz CT molecular complexity index is 912. The lowest BCUT2D eigenvalue weighted by molar-refractivity contribution is 0.645. The molecule has 0 bridgehead atoms. The Morgan fingerprint density at radius 3 is 2.43 bits per heavy atom. The topological polar surface area (TPSA) is 67.1 Å². The summed E-state index contributed by atoms with van der Waals surface area (Å²) in [4.78, 5) is 4.74. The van der Waals surface area contributed by atoms with Crippen LogP contribution in [0.25, 0.3) is 5.69 Å². The number of guanidine groups is 1. The molecule has 1 fully saturated rings. The van der Waals surface area contributed by atoms with Gasteiger partial charge in [-0.15, -0.1) is 10.2 Å². The average Bonchev–Trinajstić information content (AvgIpc) is 3.40. The van der Waals surface area contributed by atoms with Crippen LogP contribution in [0.1, 0.15) is 31.2 Å². The molecule has 0 saturated heterocycles. The highest BCUT2D eigenvalue weighted by atomic mass is 15.3. The highest BCUT2D eigenvalue weighted by molar-refractivity contribution is 5.79. The Kier molecular flexibility index (Phi) is 5.37. The van der Waals surface area contributed by atoms with Crippen molar-refractivity contribution in [1.29, 1.82) is 0 Å². The number of rotatable bonds is 7. The fourth-order valence-corrected chi connectivity index (χ4v) is 3.43. The number of nitrogens with one attached hydrogen (secondary N) is 2. The predicted molar refractivity (Wildman–Crippen MR) is 112 cm³/mol. The number of hydrogen-bond donors (Lipinski definition) is 2. The molecule has 0 atom stereocenters. The van der Waals surface area contributed by atoms with Crippen LogP contribution in [-0.4, -0.2) is 33.8 Å². The van der Waals surface area contributed by atoms with Crippen LogP contribution in [-0.2, 0) is 12.0 Å². The summed E-state index contributed by atoms with van der Waals surface area (Å²) in [5.74, 6) is 1.62. The van der Waals surface area contributed by atoms with Crippen molar-refractivity contribution in [2.75, 3.05) is 13.1 Å². The fourth-order valence-electron chi connectivity index (χ4n) is 3.43. The van der Waals surface area contributed by atoms with E-state index in [0.717, 1.165) is 30.6 Å². The standard InChI is InChI=1S/C22H26N6/c1-2-23-21(25-16-22(13-14-22)18-9-5-3-6-10-18)24-15-20-27-26-17-28(20)19-11-7-4-8-12-19/h3-12,17H,2,13-16H2,1H3,(H2,23,24,25). The van der Waals surface area contributed by atoms with Crippen LogP contribution in [0.3, 0.4) is 0 Å². The molecule has 0 aliphatic heterocycles. The van der Waals surface area contributed by atoms with E-state index in [0.29, 0.717) is 6.54 Å². The van der Waals surface area contributed by atoms with Crippen LogP contribution in [0.4, 0.5) is 0 Å². The minimum atomic E-state index is 0.238. The number of aliphatic imine (C=N–C) groups is 1. The van der Waals surface area contributed by atoms with E-state index in [1.165, 1.54) is 18.4 Å². The van der Waals surface area contributed by atoms with Gasteiger partial charge in [0, 0.05) is 24.2 Å². The minimum absolute atomic E-state index is 0.238. The summed E-state index contributed by atoms with van der Waals surface area (Å²) >= 11 is 0. The van der Waals surface area contributed by atoms with Gasteiger partial charge < -0.3 is 10.6 Å². The summed E-state index contributed by atoms with van der Waals surface area (Å²) in [5.41, 5.74) is 2.68. The summed E-state index contributed by atoms with van der Waals surface area (Å²) in [6, 6.07) is 20.8. The lowest BCUT2D eigenvalue weighted by Gasteiger charge is -2.19. The van der Waals surface area contributed by atoms with E-state index in [1.807, 2.05) is 34.9 Å². The van der Waals surface area contributed by atoms with Crippen molar-refractivity contribution in [3.05, 3.63) is 78.4 Å². The number of aromatic nitrogens is 3. The second-order valence-corrected chi connectivity index (χ2v) is 7.15. The zero-order chi connectivity index (χ0) is 19.2. The van der Waals surface area contributed by atoms with Crippen LogP contribution in [0.5, 0.6) is 0 Å². The van der Waals surface area contributed by atoms with E-state index in [-0.39, 0.29) is 5.41 Å². The van der Waals surface area contributed by atoms with E-state index < -0.39 is 0 Å². The molecule has 2 N–H and O–H groups in total. The number of benzene rings is 2. The molecular weight excluding hydrogens is 348 g/mol. The Morgan fingerprint density at radius 1 is 1.04 bits per heavy atom. The molecule has 28 heavy (non-hydrogen) atoms. The van der Waals surface area contributed by atoms with Gasteiger partial charge in [0.05, 0.1) is 0 Å². The monoisotopic (exact) mass is 374 g/mol. The smallest absolute Gasteiger partial charge is 0.191 e. The van der Waals surface area contributed by atoms with E-state index in [2.05, 4.69) is 58.1 Å². The molecule has 1 saturated carbocycles. The van der Waals surface area contributed by atoms with E-state index in [9.17, 15) is 0 Å². The third-order valence-corrected chi connectivity index (χ3v) is 5.21. The molecule has 144 valence electrons. The predicted octanol–water partition coefficient (Wildman–Crippen LogP) is 3.05. The maximum Gasteiger partial charge on any atom is 0.191 e. The second-order valence-electron chi connectivity index (χ2n) is 7.15. The van der Waals surface area contributed by atoms with Crippen LogP contribution < -0.4 is 10.6 Å². The van der Waals surface area contributed by atoms with Gasteiger partial charge in [-0.25, -0.2) is 4.99 Å². The van der Waals surface area contributed by atoms with Crippen LogP contribution in [0, 0.1) is 0 Å². The maximum atomic E-state index is 4.74. The first-order valence-electron chi connectivity index (χ1n) is 9.83. The van der Waals surface area contributed by atoms with Crippen molar-refractivity contribution in [3.63, 3.8) is 0 Å². The first-order chi connectivity index (χ1) is 13.8. The van der Waals surface area contributed by atoms with Crippen LogP contribution >= 0.6 is 0 Å². The Balaban J connectivity index is 1.44. The van der Waals surface area contributed by atoms with E-state index >= 15 is 0 Å². The number of para-hydroxylation sites is 1. The molecule has 0 amide bonds. The summed E-state index contributed by atoms with van der Waals surface area (Å²) in [6.07, 6.45) is 4.16. The Labute approximate surface area is 165 Å². The molecule has 1 aromatic heterocycles. The fraction of sp³-hybridized carbons (Fsp3) is 0.318. The van der Waals surface area contributed by atoms with E-state index in [1.54, 1.807) is 6.33 Å². The van der Waals surface area contributed by atoms with Gasteiger partial charge in [0.2, 0.25) is 0 Å². The summed E-state index contributed by atoms with van der Waals surface area (Å²) in [5, 5.41) is 15.2. The molecule has 4 rings (SSSR count). The molecule has 6 heteroatoms. The SMILES string of the molecule is CCNC(=NCc1nncn1-c1ccccc1)NCC1(c2ccccc2)CC1. The van der Waals surface area contributed by atoms with Gasteiger partial charge in [0.1, 0.15) is 12.9 Å². The second kappa shape index (κ2) is 8.25. The lowest BCUT2D eigenvalue weighted by atomic mass is 9.96. The largest absolute Gasteiger partial charge is 0.357 e. The molecule has 6 nitrogen and oxygen atoms in total. The van der Waals surface area contributed by atoms with Crippen molar-refractivity contribution < 1.29 is 0 Å². The number of nitrogens with zero attached hydrogens (tertiary/aromatic N) is 4. The van der Waals surface area contributed by atoms with Gasteiger partial charge in [-0.2, -0.15) is 0 Å². The van der Waals surface area contributed by atoms with Gasteiger partial charge >= 0.3 is 0 Å². The zero-order valence-electron chi connectivity index (χ0n) is 16.2. The Hall–Kier alpha value is -3.15. The molecule has 1 aliphatic carbocycles. The lowest BCUT2D eigenvalue weighted by Crippen LogP contribution is -2.41. The molecule has 1 aliphatic rings. The molecule has 0 unspecified atom stereocenters. The van der Waals surface area contributed by atoms with Crippen LogP contribution in [0.15, 0.2) is 72.0 Å². The van der Waals surface area contributed by atoms with Gasteiger partial charge in [-0.3, -0.25) is 4.57 Å². The molecule has 2 aromatic carbocycles. The van der Waals surface area contributed by atoms with Crippen molar-refractivity contribution in [1.82, 2.24) is 25.4 Å². The molecule has 0 spiro atoms. The minimum Gasteiger partial charge on any atom is -0.357 e.